The van der Waals surface area contributed by atoms with Crippen molar-refractivity contribution in [2.45, 2.75) is 12.5 Å². The summed E-state index contributed by atoms with van der Waals surface area (Å²) in [6.07, 6.45) is 0.129. The third kappa shape index (κ3) is 2.86. The van der Waals surface area contributed by atoms with Crippen LogP contribution in [0.15, 0.2) is 46.9 Å². The molecule has 3 aromatic rings. The Morgan fingerprint density at radius 2 is 1.90 bits per heavy atom. The molecule has 0 spiro atoms. The molecule has 5 heteroatoms. The van der Waals surface area contributed by atoms with E-state index in [9.17, 15) is 8.78 Å². The van der Waals surface area contributed by atoms with Gasteiger partial charge in [0.1, 0.15) is 11.6 Å². The second-order valence-electron chi connectivity index (χ2n) is 4.82. The minimum absolute atomic E-state index is 0.0225. The van der Waals surface area contributed by atoms with Crippen molar-refractivity contribution >= 4 is 37.4 Å². The molecule has 1 aromatic heterocycles. The minimum atomic E-state index is -0.577. The molecule has 1 heterocycles. The minimum Gasteiger partial charge on any atom is -0.323 e. The Labute approximate surface area is 133 Å². The number of nitrogens with two attached hydrogens (primary N) is 1. The maximum Gasteiger partial charge on any atom is 0.143 e. The third-order valence-electron chi connectivity index (χ3n) is 3.37. The molecular formula is C16H12BrF2NS. The maximum atomic E-state index is 14.0. The van der Waals surface area contributed by atoms with E-state index in [1.54, 1.807) is 11.3 Å². The Bertz CT molecular complexity index is 767. The molecule has 1 nitrogen and oxygen atoms in total. The molecule has 21 heavy (non-hydrogen) atoms. The summed E-state index contributed by atoms with van der Waals surface area (Å²) in [6, 6.07) is 12.1. The Kier molecular flexibility index (Phi) is 4.06. The van der Waals surface area contributed by atoms with Crippen LogP contribution >= 0.6 is 27.3 Å². The van der Waals surface area contributed by atoms with Gasteiger partial charge in [-0.3, -0.25) is 0 Å². The molecule has 2 aromatic carbocycles. The number of thiophene rings is 1. The SMILES string of the molecule is NC(Cc1c(F)ccc(Br)c1F)c1cc2ccccc2s1. The van der Waals surface area contributed by atoms with Crippen molar-refractivity contribution < 1.29 is 8.78 Å². The van der Waals surface area contributed by atoms with Crippen LogP contribution in [0.1, 0.15) is 16.5 Å². The van der Waals surface area contributed by atoms with E-state index < -0.39 is 17.7 Å². The Morgan fingerprint density at radius 3 is 2.67 bits per heavy atom. The number of benzene rings is 2. The van der Waals surface area contributed by atoms with Crippen LogP contribution in [0.2, 0.25) is 0 Å². The van der Waals surface area contributed by atoms with Crippen molar-refractivity contribution in [1.29, 1.82) is 0 Å². The fraction of sp³-hybridized carbons (Fsp3) is 0.125. The zero-order chi connectivity index (χ0) is 15.0. The summed E-state index contributed by atoms with van der Waals surface area (Å²) in [7, 11) is 0. The summed E-state index contributed by atoms with van der Waals surface area (Å²) in [5.41, 5.74) is 6.16. The van der Waals surface area contributed by atoms with Crippen LogP contribution in [0, 0.1) is 11.6 Å². The lowest BCUT2D eigenvalue weighted by Crippen LogP contribution is -2.14. The van der Waals surface area contributed by atoms with Gasteiger partial charge in [0.2, 0.25) is 0 Å². The number of hydrogen-bond acceptors (Lipinski definition) is 2. The largest absolute Gasteiger partial charge is 0.323 e. The van der Waals surface area contributed by atoms with E-state index in [1.807, 2.05) is 30.3 Å². The molecular weight excluding hydrogens is 356 g/mol. The molecule has 0 aliphatic rings. The normalized spacial score (nSPS) is 12.8. The molecule has 2 N–H and O–H groups in total. The van der Waals surface area contributed by atoms with E-state index in [0.717, 1.165) is 15.0 Å². The van der Waals surface area contributed by atoms with Crippen LogP contribution in [0.25, 0.3) is 10.1 Å². The van der Waals surface area contributed by atoms with Crippen LogP contribution in [0.5, 0.6) is 0 Å². The highest BCUT2D eigenvalue weighted by Crippen LogP contribution is 2.32. The van der Waals surface area contributed by atoms with Crippen LogP contribution in [0.4, 0.5) is 8.78 Å². The molecule has 0 radical (unpaired) electrons. The molecule has 1 atom stereocenters. The number of fused-ring (bicyclic) bond motifs is 1. The van der Waals surface area contributed by atoms with Crippen molar-refractivity contribution in [2.24, 2.45) is 5.73 Å². The van der Waals surface area contributed by atoms with E-state index in [4.69, 9.17) is 5.73 Å². The maximum absolute atomic E-state index is 14.0. The first-order valence-electron chi connectivity index (χ1n) is 6.42. The highest BCUT2D eigenvalue weighted by atomic mass is 79.9. The molecule has 0 bridgehead atoms. The van der Waals surface area contributed by atoms with Gasteiger partial charge in [-0.05, 0) is 52.0 Å². The third-order valence-corrected chi connectivity index (χ3v) is 5.23. The van der Waals surface area contributed by atoms with Gasteiger partial charge in [0, 0.05) is 21.2 Å². The van der Waals surface area contributed by atoms with E-state index >= 15 is 0 Å². The number of rotatable bonds is 3. The molecule has 0 saturated heterocycles. The Balaban J connectivity index is 1.93. The van der Waals surface area contributed by atoms with Crippen LogP contribution < -0.4 is 5.73 Å². The van der Waals surface area contributed by atoms with E-state index in [0.29, 0.717) is 0 Å². The predicted octanol–water partition coefficient (Wildman–Crippen LogP) is 5.18. The quantitative estimate of drug-likeness (QED) is 0.633. The summed E-state index contributed by atoms with van der Waals surface area (Å²) in [6.45, 7) is 0. The smallest absolute Gasteiger partial charge is 0.143 e. The van der Waals surface area contributed by atoms with Gasteiger partial charge in [0.15, 0.2) is 0 Å². The summed E-state index contributed by atoms with van der Waals surface area (Å²) < 4.78 is 29.2. The standard InChI is InChI=1S/C16H12BrF2NS/c17-11-5-6-12(18)10(16(11)19)8-13(20)15-7-9-3-1-2-4-14(9)21-15/h1-7,13H,8,20H2. The van der Waals surface area contributed by atoms with Crippen molar-refractivity contribution in [3.8, 4) is 0 Å². The van der Waals surface area contributed by atoms with Crippen LogP contribution in [-0.2, 0) is 6.42 Å². The van der Waals surface area contributed by atoms with E-state index in [1.165, 1.54) is 12.1 Å². The Hall–Kier alpha value is -1.30. The highest BCUT2D eigenvalue weighted by Gasteiger charge is 2.18. The average molecular weight is 368 g/mol. The zero-order valence-electron chi connectivity index (χ0n) is 10.9. The van der Waals surface area contributed by atoms with Gasteiger partial charge >= 0.3 is 0 Å². The summed E-state index contributed by atoms with van der Waals surface area (Å²) in [5, 5.41) is 1.10. The van der Waals surface area contributed by atoms with Gasteiger partial charge in [-0.2, -0.15) is 0 Å². The monoisotopic (exact) mass is 367 g/mol. The second kappa shape index (κ2) is 5.83. The number of hydrogen-bond donors (Lipinski definition) is 1. The number of halogens is 3. The lowest BCUT2D eigenvalue weighted by molar-refractivity contribution is 0.537. The van der Waals surface area contributed by atoms with Gasteiger partial charge in [0.25, 0.3) is 0 Å². The van der Waals surface area contributed by atoms with Crippen molar-refractivity contribution in [3.63, 3.8) is 0 Å². The summed E-state index contributed by atoms with van der Waals surface area (Å²) >= 11 is 4.63. The van der Waals surface area contributed by atoms with E-state index in [-0.39, 0.29) is 16.5 Å². The first kappa shape index (κ1) is 14.6. The van der Waals surface area contributed by atoms with Gasteiger partial charge in [-0.15, -0.1) is 11.3 Å². The topological polar surface area (TPSA) is 26.0 Å². The van der Waals surface area contributed by atoms with Gasteiger partial charge in [-0.25, -0.2) is 8.78 Å². The van der Waals surface area contributed by atoms with Crippen LogP contribution in [-0.4, -0.2) is 0 Å². The summed E-state index contributed by atoms with van der Waals surface area (Å²) in [5.74, 6) is -1.14. The molecule has 0 aliphatic heterocycles. The Morgan fingerprint density at radius 1 is 1.14 bits per heavy atom. The lowest BCUT2D eigenvalue weighted by atomic mass is 10.0. The molecule has 0 fully saturated rings. The fourth-order valence-corrected chi connectivity index (χ4v) is 3.70. The molecule has 0 amide bonds. The zero-order valence-corrected chi connectivity index (χ0v) is 13.3. The van der Waals surface area contributed by atoms with Crippen molar-refractivity contribution in [1.82, 2.24) is 0 Å². The summed E-state index contributed by atoms with van der Waals surface area (Å²) in [4.78, 5) is 0.926. The molecule has 1 unspecified atom stereocenters. The first-order valence-corrected chi connectivity index (χ1v) is 8.03. The molecule has 3 rings (SSSR count). The van der Waals surface area contributed by atoms with Gasteiger partial charge in [-0.1, -0.05) is 18.2 Å². The van der Waals surface area contributed by atoms with Crippen molar-refractivity contribution in [2.75, 3.05) is 0 Å². The predicted molar refractivity (Wildman–Crippen MR) is 86.5 cm³/mol. The van der Waals surface area contributed by atoms with E-state index in [2.05, 4.69) is 15.9 Å². The average Bonchev–Trinajstić information content (AvgIpc) is 2.91. The fourth-order valence-electron chi connectivity index (χ4n) is 2.26. The van der Waals surface area contributed by atoms with Gasteiger partial charge < -0.3 is 5.73 Å². The molecule has 108 valence electrons. The molecule has 0 saturated carbocycles. The highest BCUT2D eigenvalue weighted by molar-refractivity contribution is 9.10. The second-order valence-corrected chi connectivity index (χ2v) is 6.79. The van der Waals surface area contributed by atoms with Crippen molar-refractivity contribution in [3.05, 3.63) is 69.0 Å². The van der Waals surface area contributed by atoms with Crippen LogP contribution in [0.3, 0.4) is 0 Å². The first-order chi connectivity index (χ1) is 10.1. The van der Waals surface area contributed by atoms with Gasteiger partial charge in [0.05, 0.1) is 4.47 Å². The molecule has 0 aliphatic carbocycles. The lowest BCUT2D eigenvalue weighted by Gasteiger charge is -2.12.